The van der Waals surface area contributed by atoms with Crippen LogP contribution in [0.25, 0.3) is 0 Å². The van der Waals surface area contributed by atoms with Crippen molar-refractivity contribution in [3.05, 3.63) is 30.3 Å². The van der Waals surface area contributed by atoms with E-state index in [9.17, 15) is 22.0 Å². The monoisotopic (exact) mass is 227 g/mol. The summed E-state index contributed by atoms with van der Waals surface area (Å²) in [6.07, 6.45) is -11.0. The van der Waals surface area contributed by atoms with Crippen LogP contribution < -0.4 is 5.48 Å². The van der Waals surface area contributed by atoms with Gasteiger partial charge in [-0.25, -0.2) is 0 Å². The molecule has 0 saturated carbocycles. The van der Waals surface area contributed by atoms with E-state index in [1.807, 2.05) is 0 Å². The van der Waals surface area contributed by atoms with Gasteiger partial charge in [-0.1, -0.05) is 18.2 Å². The Labute approximate surface area is 81.6 Å². The third kappa shape index (κ3) is 3.05. The van der Waals surface area contributed by atoms with Gasteiger partial charge >= 0.3 is 12.3 Å². The highest BCUT2D eigenvalue weighted by Crippen LogP contribution is 2.36. The number of hydrogen-bond acceptors (Lipinski definition) is 2. The van der Waals surface area contributed by atoms with Crippen LogP contribution in [0.3, 0.4) is 0 Å². The maximum absolute atomic E-state index is 12.2. The highest BCUT2D eigenvalue weighted by Gasteiger charge is 2.60. The number of hydrogen-bond donors (Lipinski definition) is 1. The lowest BCUT2D eigenvalue weighted by atomic mass is 10.3. The Morgan fingerprint density at radius 2 is 1.47 bits per heavy atom. The highest BCUT2D eigenvalue weighted by atomic mass is 19.4. The maximum atomic E-state index is 12.2. The second-order valence-corrected chi connectivity index (χ2v) is 2.58. The highest BCUT2D eigenvalue weighted by molar-refractivity contribution is 5.40. The molecule has 84 valence electrons. The van der Waals surface area contributed by atoms with E-state index in [0.717, 1.165) is 0 Å². The van der Waals surface area contributed by atoms with Crippen LogP contribution in [0.5, 0.6) is 0 Å². The van der Waals surface area contributed by atoms with Crippen molar-refractivity contribution in [1.29, 1.82) is 0 Å². The molecule has 0 aromatic heterocycles. The molecule has 1 aromatic rings. The van der Waals surface area contributed by atoms with E-state index in [-0.39, 0.29) is 5.69 Å². The van der Waals surface area contributed by atoms with Crippen LogP contribution in [0.15, 0.2) is 30.3 Å². The molecular formula is C8H6F5NO. The molecule has 0 bridgehead atoms. The summed E-state index contributed by atoms with van der Waals surface area (Å²) in [4.78, 5) is 3.27. The van der Waals surface area contributed by atoms with Crippen LogP contribution in [0, 0.1) is 0 Å². The second-order valence-electron chi connectivity index (χ2n) is 2.58. The first-order chi connectivity index (χ1) is 6.83. The second kappa shape index (κ2) is 4.01. The Morgan fingerprint density at radius 1 is 0.933 bits per heavy atom. The standard InChI is InChI=1S/C8H6F5NO/c9-7(10,11)8(12,13)15-14-6-4-2-1-3-5-6/h1-5,14H. The van der Waals surface area contributed by atoms with Crippen molar-refractivity contribution in [2.24, 2.45) is 0 Å². The number of halogens is 5. The lowest BCUT2D eigenvalue weighted by Crippen LogP contribution is -2.40. The predicted molar refractivity (Wildman–Crippen MR) is 42.2 cm³/mol. The van der Waals surface area contributed by atoms with Crippen molar-refractivity contribution >= 4 is 5.69 Å². The molecule has 1 N–H and O–H groups in total. The molecule has 0 saturated heterocycles. The minimum Gasteiger partial charge on any atom is -0.261 e. The van der Waals surface area contributed by atoms with Gasteiger partial charge in [0.15, 0.2) is 0 Å². The molecule has 2 nitrogen and oxygen atoms in total. The lowest BCUT2D eigenvalue weighted by Gasteiger charge is -2.19. The number of rotatable bonds is 3. The fourth-order valence-electron chi connectivity index (χ4n) is 0.687. The van der Waals surface area contributed by atoms with E-state index >= 15 is 0 Å². The summed E-state index contributed by atoms with van der Waals surface area (Å²) in [5, 5.41) is 0. The number of alkyl halides is 5. The zero-order chi connectivity index (χ0) is 11.5. The van der Waals surface area contributed by atoms with Crippen LogP contribution in [-0.4, -0.2) is 12.3 Å². The third-order valence-corrected chi connectivity index (χ3v) is 1.40. The summed E-state index contributed by atoms with van der Waals surface area (Å²) in [5.41, 5.74) is 1.52. The quantitative estimate of drug-likeness (QED) is 0.632. The molecule has 1 aromatic carbocycles. The predicted octanol–water partition coefficient (Wildman–Crippen LogP) is 3.19. The lowest BCUT2D eigenvalue weighted by molar-refractivity contribution is -0.383. The van der Waals surface area contributed by atoms with Crippen molar-refractivity contribution in [3.63, 3.8) is 0 Å². The van der Waals surface area contributed by atoms with Gasteiger partial charge in [-0.3, -0.25) is 5.48 Å². The smallest absolute Gasteiger partial charge is 0.261 e. The Balaban J connectivity index is 2.58. The van der Waals surface area contributed by atoms with Crippen molar-refractivity contribution in [2.75, 3.05) is 5.48 Å². The minimum absolute atomic E-state index is 0.00132. The molecule has 0 heterocycles. The molecule has 0 aliphatic rings. The average molecular weight is 227 g/mol. The van der Waals surface area contributed by atoms with Crippen molar-refractivity contribution < 1.29 is 26.8 Å². The molecule has 15 heavy (non-hydrogen) atoms. The van der Waals surface area contributed by atoms with Crippen LogP contribution in [-0.2, 0) is 4.84 Å². The maximum Gasteiger partial charge on any atom is 0.485 e. The van der Waals surface area contributed by atoms with Gasteiger partial charge in [0.05, 0.1) is 5.69 Å². The molecule has 0 spiro atoms. The van der Waals surface area contributed by atoms with E-state index in [1.165, 1.54) is 29.7 Å². The molecule has 0 radical (unpaired) electrons. The molecule has 0 amide bonds. The number of anilines is 1. The summed E-state index contributed by atoms with van der Waals surface area (Å²) in [7, 11) is 0. The normalized spacial score (nSPS) is 12.6. The van der Waals surface area contributed by atoms with Crippen LogP contribution in [0.4, 0.5) is 27.6 Å². The molecule has 0 fully saturated rings. The molecule has 0 aliphatic heterocycles. The Morgan fingerprint density at radius 3 is 1.93 bits per heavy atom. The summed E-state index contributed by atoms with van der Waals surface area (Å²) >= 11 is 0. The fourth-order valence-corrected chi connectivity index (χ4v) is 0.687. The van der Waals surface area contributed by atoms with Crippen LogP contribution >= 0.6 is 0 Å². The van der Waals surface area contributed by atoms with Crippen molar-refractivity contribution in [2.45, 2.75) is 12.3 Å². The first-order valence-corrected chi connectivity index (χ1v) is 3.76. The van der Waals surface area contributed by atoms with Gasteiger partial charge in [0.1, 0.15) is 0 Å². The van der Waals surface area contributed by atoms with E-state index in [2.05, 4.69) is 4.84 Å². The first kappa shape index (κ1) is 11.7. The number of para-hydroxylation sites is 1. The molecule has 1 rings (SSSR count). The van der Waals surface area contributed by atoms with Gasteiger partial charge in [0, 0.05) is 0 Å². The van der Waals surface area contributed by atoms with E-state index in [0.29, 0.717) is 0 Å². The van der Waals surface area contributed by atoms with Gasteiger partial charge in [0.2, 0.25) is 0 Å². The molecule has 0 aliphatic carbocycles. The van der Waals surface area contributed by atoms with Gasteiger partial charge in [0.25, 0.3) is 0 Å². The minimum atomic E-state index is -5.74. The molecule has 0 unspecified atom stereocenters. The summed E-state index contributed by atoms with van der Waals surface area (Å²) < 4.78 is 59.3. The SMILES string of the molecule is FC(F)(F)C(F)(F)ONc1ccccc1. The molecule has 7 heteroatoms. The Hall–Kier alpha value is -1.37. The molecular weight excluding hydrogens is 221 g/mol. The zero-order valence-electron chi connectivity index (χ0n) is 7.18. The van der Waals surface area contributed by atoms with E-state index < -0.39 is 12.3 Å². The Bertz CT molecular complexity index is 311. The van der Waals surface area contributed by atoms with Crippen LogP contribution in [0.2, 0.25) is 0 Å². The number of nitrogens with one attached hydrogen (secondary N) is 1. The van der Waals surface area contributed by atoms with Gasteiger partial charge in [-0.15, -0.1) is 0 Å². The first-order valence-electron chi connectivity index (χ1n) is 3.76. The van der Waals surface area contributed by atoms with Gasteiger partial charge < -0.3 is 0 Å². The number of benzene rings is 1. The van der Waals surface area contributed by atoms with Crippen LogP contribution in [0.1, 0.15) is 0 Å². The summed E-state index contributed by atoms with van der Waals surface area (Å²) in [6, 6.07) is 7.06. The Kier molecular flexibility index (Phi) is 3.13. The van der Waals surface area contributed by atoms with Crippen molar-refractivity contribution in [3.8, 4) is 0 Å². The third-order valence-electron chi connectivity index (χ3n) is 1.40. The summed E-state index contributed by atoms with van der Waals surface area (Å²) in [5.74, 6) is 0. The van der Waals surface area contributed by atoms with Crippen molar-refractivity contribution in [1.82, 2.24) is 0 Å². The summed E-state index contributed by atoms with van der Waals surface area (Å²) in [6.45, 7) is 0. The van der Waals surface area contributed by atoms with E-state index in [4.69, 9.17) is 0 Å². The average Bonchev–Trinajstić information content (AvgIpc) is 2.15. The zero-order valence-corrected chi connectivity index (χ0v) is 7.18. The van der Waals surface area contributed by atoms with Gasteiger partial charge in [-0.2, -0.15) is 26.8 Å². The topological polar surface area (TPSA) is 21.3 Å². The fraction of sp³-hybridized carbons (Fsp3) is 0.250. The van der Waals surface area contributed by atoms with Gasteiger partial charge in [-0.05, 0) is 12.1 Å². The largest absolute Gasteiger partial charge is 0.485 e. The molecule has 0 atom stereocenters. The van der Waals surface area contributed by atoms with E-state index in [1.54, 1.807) is 6.07 Å².